The minimum absolute atomic E-state index is 0.301. The van der Waals surface area contributed by atoms with Gasteiger partial charge >= 0.3 is 6.09 Å². The molecule has 1 saturated carbocycles. The van der Waals surface area contributed by atoms with E-state index in [1.54, 1.807) is 0 Å². The zero-order chi connectivity index (χ0) is 13.6. The number of hydrogen-bond donors (Lipinski definition) is 1. The molecule has 0 aromatic carbocycles. The zero-order valence-corrected chi connectivity index (χ0v) is 12.2. The summed E-state index contributed by atoms with van der Waals surface area (Å²) in [5, 5.41) is 7.11. The first-order chi connectivity index (χ1) is 8.40. The Bertz CT molecular complexity index is 259. The first-order valence-electron chi connectivity index (χ1n) is 6.93. The summed E-state index contributed by atoms with van der Waals surface area (Å²) in [6.07, 6.45) is 4.61. The summed E-state index contributed by atoms with van der Waals surface area (Å²) in [7, 11) is 1.88. The van der Waals surface area contributed by atoms with Gasteiger partial charge in [-0.05, 0) is 39.5 Å². The van der Waals surface area contributed by atoms with Gasteiger partial charge in [0.25, 0.3) is 0 Å². The predicted octanol–water partition coefficient (Wildman–Crippen LogP) is 3.32. The third-order valence-corrected chi connectivity index (χ3v) is 3.27. The molecule has 106 valence electrons. The molecule has 0 saturated heterocycles. The highest BCUT2D eigenvalue weighted by molar-refractivity contribution is 5.67. The summed E-state index contributed by atoms with van der Waals surface area (Å²) >= 11 is 0. The summed E-state index contributed by atoms with van der Waals surface area (Å²) in [4.78, 5) is 11.6. The lowest BCUT2D eigenvalue weighted by atomic mass is 9.81. The largest absolute Gasteiger partial charge is 0.665 e. The lowest BCUT2D eigenvalue weighted by Crippen LogP contribution is -2.36. The van der Waals surface area contributed by atoms with Crippen LogP contribution in [0.25, 0.3) is 5.32 Å². The lowest BCUT2D eigenvalue weighted by Gasteiger charge is -2.32. The molecule has 1 amide bonds. The Morgan fingerprint density at radius 3 is 2.61 bits per heavy atom. The second-order valence-corrected chi connectivity index (χ2v) is 6.28. The van der Waals surface area contributed by atoms with Crippen LogP contribution in [0.2, 0.25) is 0 Å². The molecule has 0 unspecified atom stereocenters. The van der Waals surface area contributed by atoms with Gasteiger partial charge in [0, 0.05) is 6.54 Å². The number of rotatable bonds is 4. The van der Waals surface area contributed by atoms with Gasteiger partial charge in [-0.15, -0.1) is 6.54 Å². The van der Waals surface area contributed by atoms with Crippen LogP contribution in [0.3, 0.4) is 0 Å². The third kappa shape index (κ3) is 6.24. The van der Waals surface area contributed by atoms with Crippen molar-refractivity contribution in [2.75, 3.05) is 20.1 Å². The topological polar surface area (TPSA) is 52.4 Å². The van der Waals surface area contributed by atoms with Gasteiger partial charge in [-0.3, -0.25) is 0 Å². The van der Waals surface area contributed by atoms with Crippen LogP contribution in [0.1, 0.15) is 46.5 Å². The Morgan fingerprint density at radius 1 is 1.33 bits per heavy atom. The molecule has 0 aliphatic heterocycles. The second-order valence-electron chi connectivity index (χ2n) is 6.28. The highest BCUT2D eigenvalue weighted by Crippen LogP contribution is 2.29. The van der Waals surface area contributed by atoms with Crippen LogP contribution in [0.4, 0.5) is 4.79 Å². The summed E-state index contributed by atoms with van der Waals surface area (Å²) in [5.41, 5.74) is -0.416. The van der Waals surface area contributed by atoms with Crippen molar-refractivity contribution >= 4 is 6.09 Å². The molecule has 4 nitrogen and oxygen atoms in total. The van der Waals surface area contributed by atoms with Crippen molar-refractivity contribution in [3.05, 3.63) is 5.32 Å². The highest BCUT2D eigenvalue weighted by atomic mass is 16.6. The minimum Gasteiger partial charge on any atom is -0.665 e. The van der Waals surface area contributed by atoms with Crippen LogP contribution >= 0.6 is 0 Å². The van der Waals surface area contributed by atoms with Gasteiger partial charge in [0.05, 0.1) is 0 Å². The Balaban J connectivity index is 2.24. The maximum Gasteiger partial charge on any atom is 0.407 e. The maximum atomic E-state index is 11.6. The molecule has 0 radical (unpaired) electrons. The maximum absolute atomic E-state index is 11.6. The van der Waals surface area contributed by atoms with Crippen molar-refractivity contribution in [3.63, 3.8) is 0 Å². The van der Waals surface area contributed by atoms with Crippen LogP contribution in [0.15, 0.2) is 0 Å². The number of nitrogens with one attached hydrogen (secondary N) is 1. The van der Waals surface area contributed by atoms with Crippen molar-refractivity contribution in [2.45, 2.75) is 52.1 Å². The SMILES string of the molecule is C[N-]C[C@@H]1CCC[C@H](CNC(=O)OC(C)(C)C)C1. The number of carbonyl (C=O) groups is 1. The van der Waals surface area contributed by atoms with Crippen molar-refractivity contribution in [2.24, 2.45) is 11.8 Å². The van der Waals surface area contributed by atoms with E-state index in [-0.39, 0.29) is 6.09 Å². The molecule has 0 aromatic rings. The average molecular weight is 255 g/mol. The Labute approximate surface area is 111 Å². The van der Waals surface area contributed by atoms with E-state index >= 15 is 0 Å². The summed E-state index contributed by atoms with van der Waals surface area (Å²) in [6.45, 7) is 7.34. The van der Waals surface area contributed by atoms with Gasteiger partial charge in [0.15, 0.2) is 0 Å². The standard InChI is InChI=1S/C14H27N2O2/c1-14(2,3)18-13(17)16-10-12-7-5-6-11(8-12)9-15-4/h11-12H,5-10H2,1-4H3,(H,16,17)/q-1/t11-,12+/m1/s1. The van der Waals surface area contributed by atoms with E-state index in [0.29, 0.717) is 11.8 Å². The second kappa shape index (κ2) is 6.98. The fourth-order valence-electron chi connectivity index (χ4n) is 2.55. The van der Waals surface area contributed by atoms with Gasteiger partial charge in [0.1, 0.15) is 5.60 Å². The van der Waals surface area contributed by atoms with E-state index in [1.165, 1.54) is 25.7 Å². The first kappa shape index (κ1) is 15.3. The van der Waals surface area contributed by atoms with Crippen LogP contribution in [0, 0.1) is 11.8 Å². The normalized spacial score (nSPS) is 24.7. The van der Waals surface area contributed by atoms with Crippen LogP contribution < -0.4 is 5.32 Å². The lowest BCUT2D eigenvalue weighted by molar-refractivity contribution is 0.0512. The van der Waals surface area contributed by atoms with Crippen LogP contribution in [-0.2, 0) is 4.74 Å². The summed E-state index contributed by atoms with van der Waals surface area (Å²) < 4.78 is 5.23. The molecule has 1 fully saturated rings. The number of hydrogen-bond acceptors (Lipinski definition) is 2. The van der Waals surface area contributed by atoms with E-state index in [0.717, 1.165) is 13.1 Å². The highest BCUT2D eigenvalue weighted by Gasteiger charge is 2.21. The van der Waals surface area contributed by atoms with Gasteiger partial charge in [0.2, 0.25) is 0 Å². The molecule has 1 aliphatic rings. The molecular formula is C14H27N2O2-. The molecule has 1 N–H and O–H groups in total. The molecule has 0 heterocycles. The van der Waals surface area contributed by atoms with Gasteiger partial charge in [-0.2, -0.15) is 7.05 Å². The molecule has 1 rings (SSSR count). The van der Waals surface area contributed by atoms with Gasteiger partial charge in [-0.1, -0.05) is 18.8 Å². The van der Waals surface area contributed by atoms with Crippen LogP contribution in [-0.4, -0.2) is 31.8 Å². The van der Waals surface area contributed by atoms with E-state index in [1.807, 2.05) is 27.8 Å². The number of amides is 1. The average Bonchev–Trinajstić information content (AvgIpc) is 2.25. The molecular weight excluding hydrogens is 228 g/mol. The number of ether oxygens (including phenoxy) is 1. The predicted molar refractivity (Wildman–Crippen MR) is 73.8 cm³/mol. The smallest absolute Gasteiger partial charge is 0.407 e. The van der Waals surface area contributed by atoms with E-state index < -0.39 is 5.60 Å². The fourth-order valence-corrected chi connectivity index (χ4v) is 2.55. The van der Waals surface area contributed by atoms with E-state index in [4.69, 9.17) is 4.74 Å². The fraction of sp³-hybridized carbons (Fsp3) is 0.929. The quantitative estimate of drug-likeness (QED) is 0.837. The summed E-state index contributed by atoms with van der Waals surface area (Å²) in [6, 6.07) is 0. The first-order valence-corrected chi connectivity index (χ1v) is 6.93. The Hall–Kier alpha value is -0.770. The Morgan fingerprint density at radius 2 is 2.00 bits per heavy atom. The molecule has 0 bridgehead atoms. The Kier molecular flexibility index (Phi) is 5.93. The van der Waals surface area contributed by atoms with Crippen LogP contribution in [0.5, 0.6) is 0 Å². The van der Waals surface area contributed by atoms with E-state index in [2.05, 4.69) is 10.6 Å². The van der Waals surface area contributed by atoms with Gasteiger partial charge in [-0.25, -0.2) is 4.79 Å². The zero-order valence-electron chi connectivity index (χ0n) is 12.2. The van der Waals surface area contributed by atoms with Crippen molar-refractivity contribution in [1.82, 2.24) is 5.32 Å². The number of alkyl carbamates (subject to hydrolysis) is 1. The monoisotopic (exact) mass is 255 g/mol. The molecule has 2 atom stereocenters. The summed E-state index contributed by atoms with van der Waals surface area (Å²) in [5.74, 6) is 1.28. The third-order valence-electron chi connectivity index (χ3n) is 3.27. The van der Waals surface area contributed by atoms with E-state index in [9.17, 15) is 4.79 Å². The number of carbonyl (C=O) groups excluding carboxylic acids is 1. The molecule has 4 heteroatoms. The molecule has 18 heavy (non-hydrogen) atoms. The van der Waals surface area contributed by atoms with Crippen molar-refractivity contribution in [1.29, 1.82) is 0 Å². The van der Waals surface area contributed by atoms with Gasteiger partial charge < -0.3 is 15.4 Å². The minimum atomic E-state index is -0.416. The number of nitrogens with zero attached hydrogens (tertiary/aromatic N) is 1. The molecule has 1 aliphatic carbocycles. The molecule has 0 spiro atoms. The van der Waals surface area contributed by atoms with Crippen molar-refractivity contribution in [3.8, 4) is 0 Å². The van der Waals surface area contributed by atoms with Crippen molar-refractivity contribution < 1.29 is 9.53 Å². The molecule has 0 aromatic heterocycles.